The molecular weight excluding hydrogens is 272 g/mol. The quantitative estimate of drug-likeness (QED) is 0.865. The van der Waals surface area contributed by atoms with Crippen molar-refractivity contribution in [3.8, 4) is 0 Å². The third-order valence-electron chi connectivity index (χ3n) is 5.45. The van der Waals surface area contributed by atoms with Gasteiger partial charge in [0.2, 0.25) is 0 Å². The highest BCUT2D eigenvalue weighted by Gasteiger charge is 2.39. The van der Waals surface area contributed by atoms with Gasteiger partial charge < -0.3 is 10.6 Å². The predicted molar refractivity (Wildman–Crippen MR) is 89.9 cm³/mol. The van der Waals surface area contributed by atoms with Crippen LogP contribution in [0.25, 0.3) is 10.8 Å². The van der Waals surface area contributed by atoms with Crippen molar-refractivity contribution in [1.82, 2.24) is 5.32 Å². The number of rotatable bonds is 3. The molecule has 2 N–H and O–H groups in total. The Bertz CT molecular complexity index is 691. The Balaban J connectivity index is 1.39. The fourth-order valence-electron chi connectivity index (χ4n) is 4.35. The van der Waals surface area contributed by atoms with Crippen LogP contribution in [-0.2, 0) is 0 Å². The molecule has 2 aromatic carbocycles. The number of hydrogen-bond donors (Lipinski definition) is 2. The van der Waals surface area contributed by atoms with Gasteiger partial charge in [-0.25, -0.2) is 4.79 Å². The van der Waals surface area contributed by atoms with Crippen molar-refractivity contribution in [1.29, 1.82) is 0 Å². The first-order chi connectivity index (χ1) is 10.8. The third-order valence-corrected chi connectivity index (χ3v) is 5.45. The van der Waals surface area contributed by atoms with E-state index < -0.39 is 0 Å². The molecule has 4 rings (SSSR count). The lowest BCUT2D eigenvalue weighted by atomic mass is 9.89. The van der Waals surface area contributed by atoms with Crippen molar-refractivity contribution in [2.75, 3.05) is 11.9 Å². The molecule has 2 amide bonds. The fourth-order valence-corrected chi connectivity index (χ4v) is 4.35. The Morgan fingerprint density at radius 2 is 1.91 bits per heavy atom. The van der Waals surface area contributed by atoms with E-state index in [1.165, 1.54) is 25.7 Å². The highest BCUT2D eigenvalue weighted by molar-refractivity contribution is 6.01. The van der Waals surface area contributed by atoms with Gasteiger partial charge in [0.05, 0.1) is 5.69 Å². The van der Waals surface area contributed by atoms with Crippen molar-refractivity contribution in [3.63, 3.8) is 0 Å². The van der Waals surface area contributed by atoms with E-state index in [4.69, 9.17) is 0 Å². The number of anilines is 1. The lowest BCUT2D eigenvalue weighted by Crippen LogP contribution is -2.34. The molecule has 2 aromatic rings. The van der Waals surface area contributed by atoms with Crippen molar-refractivity contribution in [2.45, 2.75) is 25.7 Å². The van der Waals surface area contributed by atoms with Crippen LogP contribution >= 0.6 is 0 Å². The molecule has 0 heterocycles. The number of urea groups is 1. The van der Waals surface area contributed by atoms with Gasteiger partial charge in [-0.05, 0) is 48.5 Å². The zero-order valence-electron chi connectivity index (χ0n) is 12.7. The number of amides is 2. The van der Waals surface area contributed by atoms with Crippen molar-refractivity contribution < 1.29 is 4.79 Å². The van der Waals surface area contributed by atoms with Gasteiger partial charge in [-0.2, -0.15) is 0 Å². The minimum absolute atomic E-state index is 0.0841. The van der Waals surface area contributed by atoms with Crippen LogP contribution < -0.4 is 10.6 Å². The van der Waals surface area contributed by atoms with Crippen LogP contribution in [0.1, 0.15) is 25.7 Å². The minimum atomic E-state index is -0.0841. The molecule has 2 aliphatic carbocycles. The topological polar surface area (TPSA) is 41.1 Å². The summed E-state index contributed by atoms with van der Waals surface area (Å²) in [5, 5.41) is 8.31. The maximum Gasteiger partial charge on any atom is 0.319 e. The van der Waals surface area contributed by atoms with E-state index in [0.717, 1.165) is 34.8 Å². The number of nitrogens with one attached hydrogen (secondary N) is 2. The average molecular weight is 294 g/mol. The SMILES string of the molecule is O=C(NCC1CC2CCC1C2)Nc1cccc2ccccc12. The second-order valence-electron chi connectivity index (χ2n) is 6.80. The number of benzene rings is 2. The summed E-state index contributed by atoms with van der Waals surface area (Å²) in [6.45, 7) is 0.817. The number of hydrogen-bond acceptors (Lipinski definition) is 1. The summed E-state index contributed by atoms with van der Waals surface area (Å²) < 4.78 is 0. The fraction of sp³-hybridized carbons (Fsp3) is 0.421. The summed E-state index contributed by atoms with van der Waals surface area (Å²) >= 11 is 0. The van der Waals surface area contributed by atoms with E-state index in [9.17, 15) is 4.79 Å². The Morgan fingerprint density at radius 1 is 1.05 bits per heavy atom. The van der Waals surface area contributed by atoms with Gasteiger partial charge in [-0.15, -0.1) is 0 Å². The van der Waals surface area contributed by atoms with Gasteiger partial charge in [0.15, 0.2) is 0 Å². The lowest BCUT2D eigenvalue weighted by Gasteiger charge is -2.22. The van der Waals surface area contributed by atoms with E-state index in [1.54, 1.807) is 0 Å². The van der Waals surface area contributed by atoms with Gasteiger partial charge in [-0.1, -0.05) is 42.8 Å². The average Bonchev–Trinajstić information content (AvgIpc) is 3.16. The molecular formula is C19H22N2O. The summed E-state index contributed by atoms with van der Waals surface area (Å²) in [7, 11) is 0. The molecule has 0 aromatic heterocycles. The first-order valence-electron chi connectivity index (χ1n) is 8.32. The number of carbonyl (C=O) groups is 1. The van der Waals surface area contributed by atoms with Crippen molar-refractivity contribution in [2.24, 2.45) is 17.8 Å². The second kappa shape index (κ2) is 5.64. The highest BCUT2D eigenvalue weighted by Crippen LogP contribution is 2.47. The summed E-state index contributed by atoms with van der Waals surface area (Å²) in [5.74, 6) is 2.47. The molecule has 0 saturated heterocycles. The molecule has 22 heavy (non-hydrogen) atoms. The molecule has 3 atom stereocenters. The zero-order valence-corrected chi connectivity index (χ0v) is 12.7. The van der Waals surface area contributed by atoms with E-state index in [1.807, 2.05) is 30.3 Å². The Hall–Kier alpha value is -2.03. The van der Waals surface area contributed by atoms with Gasteiger partial charge >= 0.3 is 6.03 Å². The maximum atomic E-state index is 12.2. The molecule has 114 valence electrons. The lowest BCUT2D eigenvalue weighted by molar-refractivity contribution is 0.245. The molecule has 0 aliphatic heterocycles. The standard InChI is InChI=1S/C19H22N2O/c22-19(20-12-16-11-13-8-9-15(16)10-13)21-18-7-3-5-14-4-1-2-6-17(14)18/h1-7,13,15-16H,8-12H2,(H2,20,21,22). The van der Waals surface area contributed by atoms with Gasteiger partial charge in [0.25, 0.3) is 0 Å². The normalized spacial score (nSPS) is 26.3. The maximum absolute atomic E-state index is 12.2. The molecule has 2 bridgehead atoms. The van der Waals surface area contributed by atoms with Gasteiger partial charge in [0.1, 0.15) is 0 Å². The van der Waals surface area contributed by atoms with Crippen LogP contribution in [0, 0.1) is 17.8 Å². The molecule has 2 fully saturated rings. The molecule has 3 nitrogen and oxygen atoms in total. The van der Waals surface area contributed by atoms with Crippen LogP contribution in [-0.4, -0.2) is 12.6 Å². The Kier molecular flexibility index (Phi) is 3.49. The Morgan fingerprint density at radius 3 is 2.73 bits per heavy atom. The minimum Gasteiger partial charge on any atom is -0.338 e. The van der Waals surface area contributed by atoms with Crippen LogP contribution in [0.4, 0.5) is 10.5 Å². The summed E-state index contributed by atoms with van der Waals surface area (Å²) in [5.41, 5.74) is 0.878. The summed E-state index contributed by atoms with van der Waals surface area (Å²) in [6, 6.07) is 14.0. The first-order valence-corrected chi connectivity index (χ1v) is 8.32. The zero-order chi connectivity index (χ0) is 14.9. The molecule has 0 radical (unpaired) electrons. The summed E-state index contributed by atoms with van der Waals surface area (Å²) in [6.07, 6.45) is 5.46. The molecule has 2 aliphatic rings. The van der Waals surface area contributed by atoms with Crippen LogP contribution in [0.2, 0.25) is 0 Å². The first kappa shape index (κ1) is 13.6. The van der Waals surface area contributed by atoms with Crippen LogP contribution in [0.3, 0.4) is 0 Å². The third kappa shape index (κ3) is 2.56. The molecule has 0 spiro atoms. The van der Waals surface area contributed by atoms with Crippen molar-refractivity contribution in [3.05, 3.63) is 42.5 Å². The Labute approximate surface area is 131 Å². The van der Waals surface area contributed by atoms with E-state index >= 15 is 0 Å². The highest BCUT2D eigenvalue weighted by atomic mass is 16.2. The molecule has 3 unspecified atom stereocenters. The number of fused-ring (bicyclic) bond motifs is 3. The number of carbonyl (C=O) groups excluding carboxylic acids is 1. The second-order valence-corrected chi connectivity index (χ2v) is 6.80. The predicted octanol–water partition coefficient (Wildman–Crippen LogP) is 4.40. The van der Waals surface area contributed by atoms with E-state index in [0.29, 0.717) is 5.92 Å². The van der Waals surface area contributed by atoms with Crippen LogP contribution in [0.5, 0.6) is 0 Å². The van der Waals surface area contributed by atoms with E-state index in [2.05, 4.69) is 22.8 Å². The molecule has 3 heteroatoms. The van der Waals surface area contributed by atoms with Crippen molar-refractivity contribution >= 4 is 22.5 Å². The van der Waals surface area contributed by atoms with Gasteiger partial charge in [0, 0.05) is 11.9 Å². The van der Waals surface area contributed by atoms with Gasteiger partial charge in [-0.3, -0.25) is 0 Å². The van der Waals surface area contributed by atoms with Crippen LogP contribution in [0.15, 0.2) is 42.5 Å². The molecule has 2 saturated carbocycles. The summed E-state index contributed by atoms with van der Waals surface area (Å²) in [4.78, 5) is 12.2. The van der Waals surface area contributed by atoms with E-state index in [-0.39, 0.29) is 6.03 Å². The monoisotopic (exact) mass is 294 g/mol. The largest absolute Gasteiger partial charge is 0.338 e. The smallest absolute Gasteiger partial charge is 0.319 e.